The van der Waals surface area contributed by atoms with Gasteiger partial charge in [0.2, 0.25) is 0 Å². The van der Waals surface area contributed by atoms with Gasteiger partial charge in [-0.2, -0.15) is 5.26 Å². The molecular weight excluding hydrogens is 325 g/mol. The van der Waals surface area contributed by atoms with E-state index in [1.807, 2.05) is 37.3 Å². The van der Waals surface area contributed by atoms with E-state index in [1.165, 1.54) is 0 Å². The van der Waals surface area contributed by atoms with Gasteiger partial charge in [-0.3, -0.25) is 0 Å². The summed E-state index contributed by atoms with van der Waals surface area (Å²) in [7, 11) is 0. The van der Waals surface area contributed by atoms with Gasteiger partial charge in [-0.05, 0) is 53.8 Å². The van der Waals surface area contributed by atoms with Crippen LogP contribution in [0, 0.1) is 21.8 Å². The zero-order valence-corrected chi connectivity index (χ0v) is 11.4. The predicted molar refractivity (Wildman–Crippen MR) is 76.1 cm³/mol. The van der Waals surface area contributed by atoms with Crippen LogP contribution in [0.2, 0.25) is 0 Å². The van der Waals surface area contributed by atoms with E-state index in [-0.39, 0.29) is 0 Å². The fourth-order valence-corrected chi connectivity index (χ4v) is 1.95. The molecule has 1 aromatic heterocycles. The van der Waals surface area contributed by atoms with Crippen molar-refractivity contribution < 1.29 is 0 Å². The Morgan fingerprint density at radius 1 is 1.24 bits per heavy atom. The highest BCUT2D eigenvalue weighted by molar-refractivity contribution is 14.1. The second-order valence-corrected chi connectivity index (χ2v) is 4.73. The third-order valence-electron chi connectivity index (χ3n) is 2.28. The fraction of sp³-hybridized carbons (Fsp3) is 0.0769. The molecule has 0 unspecified atom stereocenters. The molecule has 1 heterocycles. The third kappa shape index (κ3) is 2.74. The number of halogens is 1. The molecule has 0 amide bonds. The molecule has 2 rings (SSSR count). The number of anilines is 2. The van der Waals surface area contributed by atoms with Crippen molar-refractivity contribution in [2.24, 2.45) is 0 Å². The number of nitrogens with one attached hydrogen (secondary N) is 1. The average Bonchev–Trinajstić information content (AvgIpc) is 2.32. The minimum atomic E-state index is 0.551. The van der Waals surface area contributed by atoms with Gasteiger partial charge in [-0.1, -0.05) is 12.1 Å². The molecule has 0 aliphatic carbocycles. The molecule has 0 fully saturated rings. The Morgan fingerprint density at radius 2 is 2.00 bits per heavy atom. The first-order valence-corrected chi connectivity index (χ1v) is 6.18. The van der Waals surface area contributed by atoms with Crippen LogP contribution in [0.15, 0.2) is 36.4 Å². The van der Waals surface area contributed by atoms with Crippen molar-refractivity contribution in [1.82, 2.24) is 4.98 Å². The van der Waals surface area contributed by atoms with Crippen LogP contribution >= 0.6 is 22.6 Å². The highest BCUT2D eigenvalue weighted by Crippen LogP contribution is 2.23. The number of rotatable bonds is 2. The van der Waals surface area contributed by atoms with E-state index in [9.17, 15) is 0 Å². The molecule has 3 nitrogen and oxygen atoms in total. The molecule has 0 aliphatic rings. The summed E-state index contributed by atoms with van der Waals surface area (Å²) in [5, 5.41) is 12.2. The zero-order chi connectivity index (χ0) is 12.3. The van der Waals surface area contributed by atoms with Crippen LogP contribution in [-0.4, -0.2) is 4.98 Å². The molecule has 17 heavy (non-hydrogen) atoms. The average molecular weight is 335 g/mol. The number of benzene rings is 1. The van der Waals surface area contributed by atoms with Crippen LogP contribution in [0.4, 0.5) is 11.5 Å². The van der Waals surface area contributed by atoms with Gasteiger partial charge in [0.05, 0.1) is 11.3 Å². The van der Waals surface area contributed by atoms with E-state index >= 15 is 0 Å². The van der Waals surface area contributed by atoms with E-state index in [2.05, 4.69) is 39.0 Å². The van der Waals surface area contributed by atoms with Gasteiger partial charge in [-0.15, -0.1) is 0 Å². The summed E-state index contributed by atoms with van der Waals surface area (Å²) in [5.41, 5.74) is 2.40. The van der Waals surface area contributed by atoms with Gasteiger partial charge in [-0.25, -0.2) is 4.98 Å². The summed E-state index contributed by atoms with van der Waals surface area (Å²) in [6.45, 7) is 1.91. The topological polar surface area (TPSA) is 48.7 Å². The summed E-state index contributed by atoms with van der Waals surface area (Å²) in [5.74, 6) is 0.608. The number of nitriles is 1. The molecule has 0 saturated heterocycles. The van der Waals surface area contributed by atoms with Crippen LogP contribution < -0.4 is 5.32 Å². The van der Waals surface area contributed by atoms with E-state index in [1.54, 1.807) is 6.07 Å². The molecule has 1 N–H and O–H groups in total. The van der Waals surface area contributed by atoms with Crippen molar-refractivity contribution in [2.75, 3.05) is 5.32 Å². The van der Waals surface area contributed by atoms with Crippen LogP contribution in [0.25, 0.3) is 0 Å². The first-order valence-electron chi connectivity index (χ1n) is 5.10. The fourth-order valence-electron chi connectivity index (χ4n) is 1.43. The van der Waals surface area contributed by atoms with Crippen molar-refractivity contribution in [2.45, 2.75) is 6.92 Å². The molecule has 0 atom stereocenters. The number of hydrogen-bond acceptors (Lipinski definition) is 3. The van der Waals surface area contributed by atoms with E-state index in [0.717, 1.165) is 15.0 Å². The van der Waals surface area contributed by atoms with Gasteiger partial charge in [0, 0.05) is 9.26 Å². The Kier molecular flexibility index (Phi) is 3.59. The number of aromatic nitrogens is 1. The van der Waals surface area contributed by atoms with E-state index < -0.39 is 0 Å². The highest BCUT2D eigenvalue weighted by Gasteiger charge is 2.06. The number of aryl methyl sites for hydroxylation is 1. The monoisotopic (exact) mass is 335 g/mol. The minimum Gasteiger partial charge on any atom is -0.338 e. The first kappa shape index (κ1) is 11.9. The van der Waals surface area contributed by atoms with Gasteiger partial charge in [0.15, 0.2) is 0 Å². The molecule has 1 aromatic carbocycles. The molecule has 0 radical (unpaired) electrons. The standard InChI is InChI=1S/C13H10IN3/c1-9-6-7-10(8-15)13(16-9)17-12-5-3-2-4-11(12)14/h2-7H,1H3,(H,16,17). The summed E-state index contributed by atoms with van der Waals surface area (Å²) in [6.07, 6.45) is 0. The first-order chi connectivity index (χ1) is 8.20. The normalized spacial score (nSPS) is 9.71. The zero-order valence-electron chi connectivity index (χ0n) is 9.24. The Morgan fingerprint density at radius 3 is 2.71 bits per heavy atom. The lowest BCUT2D eigenvalue weighted by atomic mass is 10.2. The molecule has 0 aliphatic heterocycles. The third-order valence-corrected chi connectivity index (χ3v) is 3.22. The highest BCUT2D eigenvalue weighted by atomic mass is 127. The molecule has 84 valence electrons. The van der Waals surface area contributed by atoms with Gasteiger partial charge >= 0.3 is 0 Å². The molecule has 0 bridgehead atoms. The van der Waals surface area contributed by atoms with Gasteiger partial charge in [0.25, 0.3) is 0 Å². The summed E-state index contributed by atoms with van der Waals surface area (Å²) >= 11 is 2.25. The maximum Gasteiger partial charge on any atom is 0.148 e. The quantitative estimate of drug-likeness (QED) is 0.853. The maximum atomic E-state index is 9.02. The molecule has 4 heteroatoms. The summed E-state index contributed by atoms with van der Waals surface area (Å²) in [4.78, 5) is 4.34. The van der Waals surface area contributed by atoms with Crippen molar-refractivity contribution >= 4 is 34.1 Å². The Balaban J connectivity index is 2.40. The lowest BCUT2D eigenvalue weighted by molar-refractivity contribution is 1.19. The summed E-state index contributed by atoms with van der Waals surface area (Å²) < 4.78 is 1.09. The Bertz CT molecular complexity index is 587. The van der Waals surface area contributed by atoms with E-state index in [4.69, 9.17) is 5.26 Å². The van der Waals surface area contributed by atoms with Crippen LogP contribution in [0.1, 0.15) is 11.3 Å². The van der Waals surface area contributed by atoms with Crippen molar-refractivity contribution in [3.8, 4) is 6.07 Å². The van der Waals surface area contributed by atoms with Crippen molar-refractivity contribution in [3.05, 3.63) is 51.2 Å². The smallest absolute Gasteiger partial charge is 0.148 e. The Labute approximate surface area is 114 Å². The molecular formula is C13H10IN3. The number of hydrogen-bond donors (Lipinski definition) is 1. The molecule has 0 saturated carbocycles. The van der Waals surface area contributed by atoms with Crippen LogP contribution in [-0.2, 0) is 0 Å². The Hall–Kier alpha value is -1.61. The van der Waals surface area contributed by atoms with Crippen LogP contribution in [0.5, 0.6) is 0 Å². The number of nitrogens with zero attached hydrogens (tertiary/aromatic N) is 2. The van der Waals surface area contributed by atoms with Gasteiger partial charge < -0.3 is 5.32 Å². The van der Waals surface area contributed by atoms with Crippen molar-refractivity contribution in [3.63, 3.8) is 0 Å². The second-order valence-electron chi connectivity index (χ2n) is 3.57. The van der Waals surface area contributed by atoms with Crippen molar-refractivity contribution in [1.29, 1.82) is 5.26 Å². The predicted octanol–water partition coefficient (Wildman–Crippen LogP) is 3.61. The lowest BCUT2D eigenvalue weighted by Crippen LogP contribution is -1.99. The molecule has 0 spiro atoms. The maximum absolute atomic E-state index is 9.02. The SMILES string of the molecule is Cc1ccc(C#N)c(Nc2ccccc2I)n1. The van der Waals surface area contributed by atoms with E-state index in [0.29, 0.717) is 11.4 Å². The molecule has 2 aromatic rings. The second kappa shape index (κ2) is 5.15. The van der Waals surface area contributed by atoms with Crippen LogP contribution in [0.3, 0.4) is 0 Å². The number of para-hydroxylation sites is 1. The largest absolute Gasteiger partial charge is 0.338 e. The lowest BCUT2D eigenvalue weighted by Gasteiger charge is -2.09. The number of pyridine rings is 1. The minimum absolute atomic E-state index is 0.551. The van der Waals surface area contributed by atoms with Gasteiger partial charge in [0.1, 0.15) is 11.9 Å². The summed E-state index contributed by atoms with van der Waals surface area (Å²) in [6, 6.07) is 13.6.